The van der Waals surface area contributed by atoms with Gasteiger partial charge in [0.15, 0.2) is 23.2 Å². The van der Waals surface area contributed by atoms with Gasteiger partial charge in [-0.1, -0.05) is 13.8 Å². The van der Waals surface area contributed by atoms with Crippen molar-refractivity contribution in [3.05, 3.63) is 29.3 Å². The summed E-state index contributed by atoms with van der Waals surface area (Å²) in [5.74, 6) is -11.3. The first kappa shape index (κ1) is 30.8. The molecule has 1 fully saturated rings. The van der Waals surface area contributed by atoms with E-state index in [0.717, 1.165) is 0 Å². The second kappa shape index (κ2) is 12.9. The van der Waals surface area contributed by atoms with Crippen LogP contribution in [0.5, 0.6) is 5.75 Å². The van der Waals surface area contributed by atoms with Crippen molar-refractivity contribution < 1.29 is 46.2 Å². The third-order valence-corrected chi connectivity index (χ3v) is 5.53. The van der Waals surface area contributed by atoms with Gasteiger partial charge in [0.05, 0.1) is 6.04 Å². The van der Waals surface area contributed by atoms with E-state index in [0.29, 0.717) is 13.0 Å². The first-order valence-electron chi connectivity index (χ1n) is 12.1. The molecule has 0 bridgehead atoms. The number of nitrogens with one attached hydrogen (secondary N) is 3. The SMILES string of the molecule is CC(C)CC(NC(=O)OC(C)(C)C)C(=O)NC(CC1CCNC1=O)C(=O)COc1c(F)c(F)cc(F)c1F. The highest BCUT2D eigenvalue weighted by molar-refractivity contribution is 5.93. The number of ketones is 1. The summed E-state index contributed by atoms with van der Waals surface area (Å²) in [7, 11) is 0. The molecule has 2 rings (SSSR count). The molecule has 212 valence electrons. The molecule has 0 aliphatic carbocycles. The molecule has 1 aliphatic heterocycles. The molecule has 1 heterocycles. The zero-order chi connectivity index (χ0) is 28.8. The van der Waals surface area contributed by atoms with Crippen LogP contribution in [0.4, 0.5) is 22.4 Å². The highest BCUT2D eigenvalue weighted by Gasteiger charge is 2.34. The quantitative estimate of drug-likeness (QED) is 0.289. The van der Waals surface area contributed by atoms with Crippen LogP contribution in [-0.4, -0.2) is 54.5 Å². The van der Waals surface area contributed by atoms with Crippen LogP contribution in [0.2, 0.25) is 0 Å². The molecule has 0 spiro atoms. The Morgan fingerprint density at radius 1 is 1.05 bits per heavy atom. The average Bonchev–Trinajstić information content (AvgIpc) is 3.19. The van der Waals surface area contributed by atoms with Crippen molar-refractivity contribution in [3.63, 3.8) is 0 Å². The lowest BCUT2D eigenvalue weighted by Crippen LogP contribution is -2.53. The molecule has 3 atom stereocenters. The summed E-state index contributed by atoms with van der Waals surface area (Å²) in [6.45, 7) is 7.81. The molecule has 1 saturated heterocycles. The summed E-state index contributed by atoms with van der Waals surface area (Å²) in [5, 5.41) is 7.53. The summed E-state index contributed by atoms with van der Waals surface area (Å²) in [6, 6.07) is -2.50. The van der Waals surface area contributed by atoms with Crippen LogP contribution in [0.3, 0.4) is 0 Å². The Morgan fingerprint density at radius 2 is 1.66 bits per heavy atom. The molecule has 3 amide bonds. The summed E-state index contributed by atoms with van der Waals surface area (Å²) in [4.78, 5) is 50.5. The van der Waals surface area contributed by atoms with Gasteiger partial charge in [0.2, 0.25) is 23.4 Å². The standard InChI is InChI=1S/C25H33F4N3O6/c1-12(2)8-17(32-24(36)38-25(3,4)5)23(35)31-16(9-13-6-7-30-22(13)34)18(33)11-37-21-19(28)14(26)10-15(27)20(21)29/h10,12-13,16-17H,6-9,11H2,1-5H3,(H,30,34)(H,31,35)(H,32,36). The van der Waals surface area contributed by atoms with Crippen LogP contribution >= 0.6 is 0 Å². The monoisotopic (exact) mass is 547 g/mol. The van der Waals surface area contributed by atoms with E-state index in [1.807, 2.05) is 0 Å². The molecule has 3 N–H and O–H groups in total. The minimum Gasteiger partial charge on any atom is -0.479 e. The van der Waals surface area contributed by atoms with Gasteiger partial charge < -0.3 is 25.4 Å². The molecule has 38 heavy (non-hydrogen) atoms. The number of amides is 3. The molecule has 1 aliphatic rings. The Hall–Kier alpha value is -3.38. The smallest absolute Gasteiger partial charge is 0.408 e. The van der Waals surface area contributed by atoms with E-state index in [-0.39, 0.29) is 30.7 Å². The van der Waals surface area contributed by atoms with E-state index in [1.54, 1.807) is 34.6 Å². The molecule has 0 aromatic heterocycles. The Kier molecular flexibility index (Phi) is 10.5. The number of benzene rings is 1. The number of halogens is 4. The summed E-state index contributed by atoms with van der Waals surface area (Å²) < 4.78 is 64.9. The van der Waals surface area contributed by atoms with Gasteiger partial charge in [0, 0.05) is 18.5 Å². The van der Waals surface area contributed by atoms with Gasteiger partial charge in [-0.15, -0.1) is 0 Å². The van der Waals surface area contributed by atoms with Gasteiger partial charge in [-0.25, -0.2) is 13.6 Å². The molecular formula is C25H33F4N3O6. The number of ether oxygens (including phenoxy) is 2. The molecule has 9 nitrogen and oxygen atoms in total. The summed E-state index contributed by atoms with van der Waals surface area (Å²) in [5.41, 5.74) is -0.838. The van der Waals surface area contributed by atoms with Crippen molar-refractivity contribution in [2.75, 3.05) is 13.2 Å². The van der Waals surface area contributed by atoms with E-state index in [4.69, 9.17) is 9.47 Å². The van der Waals surface area contributed by atoms with E-state index >= 15 is 0 Å². The Balaban J connectivity index is 2.22. The van der Waals surface area contributed by atoms with E-state index in [1.165, 1.54) is 0 Å². The van der Waals surface area contributed by atoms with Crippen molar-refractivity contribution in [2.45, 2.75) is 71.6 Å². The molecule has 0 radical (unpaired) electrons. The predicted octanol–water partition coefficient (Wildman–Crippen LogP) is 3.14. The average molecular weight is 548 g/mol. The molecule has 1 aromatic carbocycles. The number of carbonyl (C=O) groups is 4. The van der Waals surface area contributed by atoms with E-state index < -0.39 is 77.0 Å². The zero-order valence-electron chi connectivity index (χ0n) is 21.9. The first-order chi connectivity index (χ1) is 17.6. The van der Waals surface area contributed by atoms with Crippen LogP contribution in [0.1, 0.15) is 53.9 Å². The van der Waals surface area contributed by atoms with Crippen molar-refractivity contribution in [2.24, 2.45) is 11.8 Å². The second-order valence-corrected chi connectivity index (χ2v) is 10.5. The molecule has 1 aromatic rings. The van der Waals surface area contributed by atoms with Crippen molar-refractivity contribution >= 4 is 23.7 Å². The van der Waals surface area contributed by atoms with Crippen LogP contribution < -0.4 is 20.7 Å². The molecule has 0 saturated carbocycles. The Bertz CT molecular complexity index is 1030. The lowest BCUT2D eigenvalue weighted by atomic mass is 9.95. The van der Waals surface area contributed by atoms with Crippen LogP contribution in [0.15, 0.2) is 6.07 Å². The maximum Gasteiger partial charge on any atom is 0.408 e. The number of Topliss-reactive ketones (excluding diaryl/α,β-unsaturated/α-hetero) is 1. The van der Waals surface area contributed by atoms with E-state index in [9.17, 15) is 36.7 Å². The minimum atomic E-state index is -1.83. The normalized spacial score (nSPS) is 17.0. The van der Waals surface area contributed by atoms with Crippen LogP contribution in [0.25, 0.3) is 0 Å². The highest BCUT2D eigenvalue weighted by Crippen LogP contribution is 2.27. The van der Waals surface area contributed by atoms with Crippen molar-refractivity contribution in [1.82, 2.24) is 16.0 Å². The zero-order valence-corrected chi connectivity index (χ0v) is 21.9. The third-order valence-electron chi connectivity index (χ3n) is 5.53. The van der Waals surface area contributed by atoms with Crippen molar-refractivity contribution in [3.8, 4) is 5.75 Å². The van der Waals surface area contributed by atoms with Gasteiger partial charge in [-0.3, -0.25) is 14.4 Å². The van der Waals surface area contributed by atoms with Gasteiger partial charge in [-0.05, 0) is 46.0 Å². The van der Waals surface area contributed by atoms with Crippen molar-refractivity contribution in [1.29, 1.82) is 0 Å². The second-order valence-electron chi connectivity index (χ2n) is 10.5. The summed E-state index contributed by atoms with van der Waals surface area (Å²) >= 11 is 0. The summed E-state index contributed by atoms with van der Waals surface area (Å²) in [6.07, 6.45) is -0.503. The number of hydrogen-bond donors (Lipinski definition) is 3. The number of rotatable bonds is 11. The number of hydrogen-bond acceptors (Lipinski definition) is 6. The van der Waals surface area contributed by atoms with Gasteiger partial charge >= 0.3 is 6.09 Å². The molecular weight excluding hydrogens is 514 g/mol. The van der Waals surface area contributed by atoms with Crippen LogP contribution in [0, 0.1) is 35.1 Å². The maximum absolute atomic E-state index is 14.0. The van der Waals surface area contributed by atoms with Gasteiger partial charge in [-0.2, -0.15) is 8.78 Å². The number of carbonyl (C=O) groups excluding carboxylic acids is 4. The lowest BCUT2D eigenvalue weighted by molar-refractivity contribution is -0.131. The van der Waals surface area contributed by atoms with Crippen LogP contribution in [-0.2, 0) is 19.1 Å². The Labute approximate surface area is 218 Å². The fourth-order valence-corrected chi connectivity index (χ4v) is 3.77. The molecule has 13 heteroatoms. The maximum atomic E-state index is 14.0. The number of alkyl carbamates (subject to hydrolysis) is 1. The molecule has 3 unspecified atom stereocenters. The largest absolute Gasteiger partial charge is 0.479 e. The fraction of sp³-hybridized carbons (Fsp3) is 0.600. The lowest BCUT2D eigenvalue weighted by Gasteiger charge is -2.26. The minimum absolute atomic E-state index is 0.00634. The fourth-order valence-electron chi connectivity index (χ4n) is 3.77. The topological polar surface area (TPSA) is 123 Å². The van der Waals surface area contributed by atoms with Gasteiger partial charge in [0.1, 0.15) is 18.2 Å². The Morgan fingerprint density at radius 3 is 2.16 bits per heavy atom. The van der Waals surface area contributed by atoms with E-state index in [2.05, 4.69) is 16.0 Å². The third kappa shape index (κ3) is 8.88. The highest BCUT2D eigenvalue weighted by atomic mass is 19.2. The predicted molar refractivity (Wildman–Crippen MR) is 127 cm³/mol. The van der Waals surface area contributed by atoms with Gasteiger partial charge in [0.25, 0.3) is 0 Å². The first-order valence-corrected chi connectivity index (χ1v) is 12.1.